The quantitative estimate of drug-likeness (QED) is 0.519. The van der Waals surface area contributed by atoms with Crippen LogP contribution in [0.15, 0.2) is 70.5 Å². The van der Waals surface area contributed by atoms with Gasteiger partial charge >= 0.3 is 6.03 Å². The molecule has 0 unspecified atom stereocenters. The monoisotopic (exact) mass is 519 g/mol. The number of aromatic nitrogens is 2. The molecule has 194 valence electrons. The van der Waals surface area contributed by atoms with Crippen molar-refractivity contribution in [3.8, 4) is 5.69 Å². The number of nitrogens with one attached hydrogen (secondary N) is 1. The molecule has 1 N–H and O–H groups in total. The van der Waals surface area contributed by atoms with Crippen LogP contribution in [0.3, 0.4) is 0 Å². The normalized spacial score (nSPS) is 16.6. The van der Waals surface area contributed by atoms with Gasteiger partial charge in [-0.3, -0.25) is 4.79 Å². The standard InChI is InChI=1S/C27H33N7O2S/c1-30-11-13-32(14-12-30)25-24(20-28-34(26(25)35)22-8-4-3-5-9-22)31-15-17-33(18-16-31)27(36)29-21-7-6-10-23(19-21)37-2/h3-10,19-20H,11-18H2,1-2H3,(H,29,36). The molecule has 0 atom stereocenters. The summed E-state index contributed by atoms with van der Waals surface area (Å²) in [6.07, 6.45) is 3.83. The fourth-order valence-corrected chi connectivity index (χ4v) is 5.26. The first-order valence-corrected chi connectivity index (χ1v) is 13.8. The van der Waals surface area contributed by atoms with Crippen molar-refractivity contribution in [2.45, 2.75) is 4.90 Å². The van der Waals surface area contributed by atoms with Gasteiger partial charge in [-0.15, -0.1) is 11.8 Å². The van der Waals surface area contributed by atoms with Crippen molar-refractivity contribution in [2.75, 3.05) is 80.8 Å². The van der Waals surface area contributed by atoms with E-state index in [0.717, 1.165) is 48.1 Å². The van der Waals surface area contributed by atoms with Crippen LogP contribution in [-0.2, 0) is 0 Å². The maximum atomic E-state index is 13.8. The van der Waals surface area contributed by atoms with E-state index in [0.29, 0.717) is 31.9 Å². The summed E-state index contributed by atoms with van der Waals surface area (Å²) >= 11 is 1.65. The van der Waals surface area contributed by atoms with E-state index in [1.165, 1.54) is 4.68 Å². The van der Waals surface area contributed by atoms with E-state index in [2.05, 4.69) is 32.2 Å². The molecule has 2 aliphatic rings. The summed E-state index contributed by atoms with van der Waals surface area (Å²) in [6.45, 7) is 5.78. The maximum Gasteiger partial charge on any atom is 0.321 e. The number of para-hydroxylation sites is 1. The Bertz CT molecular complexity index is 1280. The first-order chi connectivity index (χ1) is 18.0. The first-order valence-electron chi connectivity index (χ1n) is 12.6. The summed E-state index contributed by atoms with van der Waals surface area (Å²) < 4.78 is 1.49. The molecule has 2 aliphatic heterocycles. The second kappa shape index (κ2) is 11.3. The average molecular weight is 520 g/mol. The Morgan fingerprint density at radius 2 is 1.59 bits per heavy atom. The van der Waals surface area contributed by atoms with Gasteiger partial charge in [0, 0.05) is 62.9 Å². The second-order valence-electron chi connectivity index (χ2n) is 9.36. The second-order valence-corrected chi connectivity index (χ2v) is 10.2. The molecule has 5 rings (SSSR count). The highest BCUT2D eigenvalue weighted by Gasteiger charge is 2.28. The number of anilines is 3. The largest absolute Gasteiger partial charge is 0.365 e. The first kappa shape index (κ1) is 25.2. The minimum absolute atomic E-state index is 0.102. The molecule has 37 heavy (non-hydrogen) atoms. The molecule has 3 heterocycles. The number of urea groups is 1. The molecule has 0 aliphatic carbocycles. The van der Waals surface area contributed by atoms with E-state index in [9.17, 15) is 9.59 Å². The van der Waals surface area contributed by atoms with Gasteiger partial charge in [0.15, 0.2) is 0 Å². The van der Waals surface area contributed by atoms with Gasteiger partial charge < -0.3 is 24.9 Å². The molecule has 0 bridgehead atoms. The summed E-state index contributed by atoms with van der Waals surface area (Å²) in [4.78, 5) is 36.3. The Labute approximate surface area is 221 Å². The Morgan fingerprint density at radius 3 is 2.30 bits per heavy atom. The summed E-state index contributed by atoms with van der Waals surface area (Å²) in [7, 11) is 2.11. The fraction of sp³-hybridized carbons (Fsp3) is 0.370. The van der Waals surface area contributed by atoms with E-state index in [4.69, 9.17) is 0 Å². The van der Waals surface area contributed by atoms with Gasteiger partial charge in [0.1, 0.15) is 5.69 Å². The number of piperazine rings is 2. The molecule has 2 aromatic carbocycles. The molecule has 2 fully saturated rings. The summed E-state index contributed by atoms with van der Waals surface area (Å²) in [5.74, 6) is 0. The van der Waals surface area contributed by atoms with Crippen LogP contribution in [-0.4, -0.2) is 91.3 Å². The Hall–Kier alpha value is -3.50. The van der Waals surface area contributed by atoms with Gasteiger partial charge in [-0.1, -0.05) is 24.3 Å². The Balaban J connectivity index is 1.35. The number of amides is 2. The lowest BCUT2D eigenvalue weighted by atomic mass is 10.2. The molecule has 0 spiro atoms. The third kappa shape index (κ3) is 5.60. The van der Waals surface area contributed by atoms with Gasteiger partial charge in [-0.05, 0) is 43.6 Å². The van der Waals surface area contributed by atoms with Crippen molar-refractivity contribution >= 4 is 34.9 Å². The number of carbonyl (C=O) groups excluding carboxylic acids is 1. The highest BCUT2D eigenvalue weighted by molar-refractivity contribution is 7.98. The van der Waals surface area contributed by atoms with Crippen LogP contribution in [0.4, 0.5) is 21.9 Å². The lowest BCUT2D eigenvalue weighted by molar-refractivity contribution is 0.208. The number of thioether (sulfide) groups is 1. The van der Waals surface area contributed by atoms with Crippen LogP contribution in [0, 0.1) is 0 Å². The molecule has 0 radical (unpaired) electrons. The summed E-state index contributed by atoms with van der Waals surface area (Å²) in [6, 6.07) is 17.3. The van der Waals surface area contributed by atoms with Crippen molar-refractivity contribution in [3.05, 3.63) is 71.1 Å². The average Bonchev–Trinajstić information content (AvgIpc) is 2.94. The van der Waals surface area contributed by atoms with Crippen molar-refractivity contribution in [1.82, 2.24) is 19.6 Å². The fourth-order valence-electron chi connectivity index (χ4n) is 4.80. The van der Waals surface area contributed by atoms with Gasteiger partial charge in [0.2, 0.25) is 0 Å². The predicted octanol–water partition coefficient (Wildman–Crippen LogP) is 3.06. The van der Waals surface area contributed by atoms with Crippen molar-refractivity contribution in [3.63, 3.8) is 0 Å². The van der Waals surface area contributed by atoms with Crippen LogP contribution in [0.25, 0.3) is 5.69 Å². The van der Waals surface area contributed by atoms with E-state index >= 15 is 0 Å². The zero-order chi connectivity index (χ0) is 25.8. The zero-order valence-electron chi connectivity index (χ0n) is 21.3. The van der Waals surface area contributed by atoms with Crippen LogP contribution in [0.2, 0.25) is 0 Å². The molecule has 9 nitrogen and oxygen atoms in total. The minimum atomic E-state index is -0.109. The minimum Gasteiger partial charge on any atom is -0.365 e. The smallest absolute Gasteiger partial charge is 0.321 e. The number of carbonyl (C=O) groups is 1. The number of hydrogen-bond donors (Lipinski definition) is 1. The van der Waals surface area contributed by atoms with Crippen LogP contribution in [0.1, 0.15) is 0 Å². The van der Waals surface area contributed by atoms with Gasteiger partial charge in [0.25, 0.3) is 5.56 Å². The number of nitrogens with zero attached hydrogens (tertiary/aromatic N) is 6. The van der Waals surface area contributed by atoms with Crippen molar-refractivity contribution in [2.24, 2.45) is 0 Å². The molecule has 2 saturated heterocycles. The Morgan fingerprint density at radius 1 is 0.892 bits per heavy atom. The maximum absolute atomic E-state index is 13.8. The zero-order valence-corrected chi connectivity index (χ0v) is 22.2. The van der Waals surface area contributed by atoms with E-state index in [1.807, 2.05) is 71.9 Å². The SMILES string of the molecule is CSc1cccc(NC(=O)N2CCN(c3cnn(-c4ccccc4)c(=O)c3N3CCN(C)CC3)CC2)c1. The van der Waals surface area contributed by atoms with E-state index in [-0.39, 0.29) is 11.6 Å². The summed E-state index contributed by atoms with van der Waals surface area (Å²) in [5, 5.41) is 7.57. The van der Waals surface area contributed by atoms with Crippen LogP contribution >= 0.6 is 11.8 Å². The lowest BCUT2D eigenvalue weighted by Crippen LogP contribution is -2.52. The molecule has 1 aromatic heterocycles. The van der Waals surface area contributed by atoms with Crippen LogP contribution in [0.5, 0.6) is 0 Å². The third-order valence-corrected chi connectivity index (χ3v) is 7.71. The number of hydrogen-bond acceptors (Lipinski definition) is 7. The lowest BCUT2D eigenvalue weighted by Gasteiger charge is -2.39. The third-order valence-electron chi connectivity index (χ3n) is 6.98. The van der Waals surface area contributed by atoms with E-state index < -0.39 is 0 Å². The Kier molecular flexibility index (Phi) is 7.66. The molecule has 2 amide bonds. The van der Waals surface area contributed by atoms with Gasteiger partial charge in [-0.25, -0.2) is 4.79 Å². The predicted molar refractivity (Wildman–Crippen MR) is 151 cm³/mol. The number of benzene rings is 2. The number of likely N-dealkylation sites (N-methyl/N-ethyl adjacent to an activating group) is 1. The van der Waals surface area contributed by atoms with Gasteiger partial charge in [-0.2, -0.15) is 9.78 Å². The van der Waals surface area contributed by atoms with Crippen LogP contribution < -0.4 is 20.7 Å². The molecular formula is C27H33N7O2S. The number of rotatable bonds is 5. The van der Waals surface area contributed by atoms with Gasteiger partial charge in [0.05, 0.1) is 17.6 Å². The molecular weight excluding hydrogens is 486 g/mol. The molecule has 10 heteroatoms. The van der Waals surface area contributed by atoms with Crippen molar-refractivity contribution in [1.29, 1.82) is 0 Å². The van der Waals surface area contributed by atoms with Crippen molar-refractivity contribution < 1.29 is 4.79 Å². The highest BCUT2D eigenvalue weighted by Crippen LogP contribution is 2.28. The topological polar surface area (TPSA) is 76.9 Å². The van der Waals surface area contributed by atoms with E-state index in [1.54, 1.807) is 11.8 Å². The molecule has 0 saturated carbocycles. The summed E-state index contributed by atoms with van der Waals surface area (Å²) in [5.41, 5.74) is 2.97. The highest BCUT2D eigenvalue weighted by atomic mass is 32.2. The molecule has 3 aromatic rings.